The Balaban J connectivity index is 3.71. The van der Waals surface area contributed by atoms with Gasteiger partial charge in [-0.05, 0) is 26.2 Å². The molecule has 0 aliphatic rings. The van der Waals surface area contributed by atoms with Gasteiger partial charge in [-0.25, -0.2) is 0 Å². The lowest BCUT2D eigenvalue weighted by Crippen LogP contribution is -2.12. The Kier molecular flexibility index (Phi) is 6.44. The van der Waals surface area contributed by atoms with Gasteiger partial charge < -0.3 is 5.11 Å². The maximum absolute atomic E-state index is 10.7. The van der Waals surface area contributed by atoms with Crippen molar-refractivity contribution in [2.24, 2.45) is 5.92 Å². The lowest BCUT2D eigenvalue weighted by atomic mass is 9.98. The summed E-state index contributed by atoms with van der Waals surface area (Å²) in [5, 5.41) is 8.78. The van der Waals surface area contributed by atoms with Crippen LogP contribution in [0.1, 0.15) is 39.5 Å². The van der Waals surface area contributed by atoms with E-state index < -0.39 is 5.97 Å². The normalized spacial score (nSPS) is 13.5. The highest BCUT2D eigenvalue weighted by Gasteiger charge is 2.14. The summed E-state index contributed by atoms with van der Waals surface area (Å²) in [6.07, 6.45) is 7.39. The van der Waals surface area contributed by atoms with Crippen LogP contribution < -0.4 is 0 Å². The molecule has 0 fully saturated rings. The second-order valence-corrected chi connectivity index (χ2v) is 2.97. The minimum atomic E-state index is -0.652. The van der Waals surface area contributed by atoms with E-state index in [1.165, 1.54) is 0 Å². The van der Waals surface area contributed by atoms with Crippen molar-refractivity contribution in [3.63, 3.8) is 0 Å². The Labute approximate surface area is 74.3 Å². The predicted octanol–water partition coefficient (Wildman–Crippen LogP) is 2.84. The molecule has 0 aliphatic carbocycles. The predicted molar refractivity (Wildman–Crippen MR) is 50.1 cm³/mol. The number of allylic oxidation sites excluding steroid dienone is 2. The van der Waals surface area contributed by atoms with Gasteiger partial charge in [0.1, 0.15) is 0 Å². The molecule has 0 aromatic heterocycles. The van der Waals surface area contributed by atoms with Crippen molar-refractivity contribution in [3.8, 4) is 0 Å². The second kappa shape index (κ2) is 6.89. The quantitative estimate of drug-likeness (QED) is 0.622. The summed E-state index contributed by atoms with van der Waals surface area (Å²) in [6, 6.07) is 0. The third kappa shape index (κ3) is 4.94. The van der Waals surface area contributed by atoms with Crippen molar-refractivity contribution in [2.45, 2.75) is 39.5 Å². The first-order valence-electron chi connectivity index (χ1n) is 4.56. The Bertz CT molecular complexity index is 150. The van der Waals surface area contributed by atoms with Gasteiger partial charge in [0.15, 0.2) is 0 Å². The van der Waals surface area contributed by atoms with E-state index >= 15 is 0 Å². The average molecular weight is 170 g/mol. The van der Waals surface area contributed by atoms with Crippen molar-refractivity contribution in [1.29, 1.82) is 0 Å². The molecular formula is C10H18O2. The Morgan fingerprint density at radius 3 is 2.58 bits per heavy atom. The summed E-state index contributed by atoms with van der Waals surface area (Å²) < 4.78 is 0. The molecule has 0 aromatic rings. The number of hydrogen-bond acceptors (Lipinski definition) is 1. The molecule has 1 unspecified atom stereocenters. The maximum Gasteiger partial charge on any atom is 0.306 e. The van der Waals surface area contributed by atoms with Gasteiger partial charge in [-0.15, -0.1) is 0 Å². The summed E-state index contributed by atoms with van der Waals surface area (Å²) >= 11 is 0. The summed E-state index contributed by atoms with van der Waals surface area (Å²) in [5.74, 6) is -0.799. The first-order chi connectivity index (χ1) is 5.72. The zero-order valence-corrected chi connectivity index (χ0v) is 7.92. The van der Waals surface area contributed by atoms with Crippen LogP contribution in [0.5, 0.6) is 0 Å². The SMILES string of the molecule is CC=CCCC(CCC)C(=O)O. The smallest absolute Gasteiger partial charge is 0.306 e. The molecule has 0 saturated heterocycles. The van der Waals surface area contributed by atoms with Crippen molar-refractivity contribution >= 4 is 5.97 Å². The summed E-state index contributed by atoms with van der Waals surface area (Å²) in [5.41, 5.74) is 0. The molecule has 0 radical (unpaired) electrons. The highest BCUT2D eigenvalue weighted by Crippen LogP contribution is 2.13. The molecule has 0 aromatic carbocycles. The number of carboxylic acid groups (broad SMARTS) is 1. The molecule has 1 N–H and O–H groups in total. The van der Waals surface area contributed by atoms with Crippen LogP contribution in [-0.4, -0.2) is 11.1 Å². The van der Waals surface area contributed by atoms with Crippen molar-refractivity contribution < 1.29 is 9.90 Å². The summed E-state index contributed by atoms with van der Waals surface area (Å²) in [6.45, 7) is 3.97. The fourth-order valence-corrected chi connectivity index (χ4v) is 1.20. The lowest BCUT2D eigenvalue weighted by Gasteiger charge is -2.08. The minimum Gasteiger partial charge on any atom is -0.481 e. The Morgan fingerprint density at radius 1 is 1.50 bits per heavy atom. The highest BCUT2D eigenvalue weighted by molar-refractivity contribution is 5.69. The standard InChI is InChI=1S/C10H18O2/c1-3-5-6-8-9(7-4-2)10(11)12/h3,5,9H,4,6-8H2,1-2H3,(H,11,12). The zero-order valence-electron chi connectivity index (χ0n) is 7.92. The summed E-state index contributed by atoms with van der Waals surface area (Å²) in [4.78, 5) is 10.7. The van der Waals surface area contributed by atoms with Crippen LogP contribution in [-0.2, 0) is 4.79 Å². The van der Waals surface area contributed by atoms with Crippen molar-refractivity contribution in [1.82, 2.24) is 0 Å². The van der Waals surface area contributed by atoms with E-state index in [4.69, 9.17) is 5.11 Å². The van der Waals surface area contributed by atoms with Gasteiger partial charge in [0.05, 0.1) is 5.92 Å². The van der Waals surface area contributed by atoms with Crippen molar-refractivity contribution in [3.05, 3.63) is 12.2 Å². The van der Waals surface area contributed by atoms with E-state index in [9.17, 15) is 4.79 Å². The number of hydrogen-bond donors (Lipinski definition) is 1. The monoisotopic (exact) mass is 170 g/mol. The maximum atomic E-state index is 10.7. The van der Waals surface area contributed by atoms with Crippen LogP contribution in [0.2, 0.25) is 0 Å². The Hall–Kier alpha value is -0.790. The van der Waals surface area contributed by atoms with E-state index in [-0.39, 0.29) is 5.92 Å². The lowest BCUT2D eigenvalue weighted by molar-refractivity contribution is -0.142. The molecule has 70 valence electrons. The second-order valence-electron chi connectivity index (χ2n) is 2.97. The molecule has 0 amide bonds. The van der Waals surface area contributed by atoms with Gasteiger partial charge in [0.2, 0.25) is 0 Å². The van der Waals surface area contributed by atoms with Crippen LogP contribution in [0.4, 0.5) is 0 Å². The van der Waals surface area contributed by atoms with Gasteiger partial charge in [-0.2, -0.15) is 0 Å². The molecule has 2 heteroatoms. The minimum absolute atomic E-state index is 0.147. The first-order valence-corrected chi connectivity index (χ1v) is 4.56. The molecule has 12 heavy (non-hydrogen) atoms. The molecule has 0 bridgehead atoms. The number of carbonyl (C=O) groups is 1. The first kappa shape index (κ1) is 11.2. The molecule has 0 aliphatic heterocycles. The Morgan fingerprint density at radius 2 is 2.17 bits per heavy atom. The van der Waals surface area contributed by atoms with E-state index in [1.807, 2.05) is 26.0 Å². The van der Waals surface area contributed by atoms with Crippen LogP contribution in [0.25, 0.3) is 0 Å². The molecule has 0 rings (SSSR count). The third-order valence-corrected chi connectivity index (χ3v) is 1.90. The van der Waals surface area contributed by atoms with E-state index in [0.29, 0.717) is 0 Å². The van der Waals surface area contributed by atoms with Crippen LogP contribution in [0, 0.1) is 5.92 Å². The molecule has 0 spiro atoms. The van der Waals surface area contributed by atoms with Gasteiger partial charge in [0, 0.05) is 0 Å². The molecule has 0 saturated carbocycles. The fourth-order valence-electron chi connectivity index (χ4n) is 1.20. The molecule has 2 nitrogen and oxygen atoms in total. The summed E-state index contributed by atoms with van der Waals surface area (Å²) in [7, 11) is 0. The van der Waals surface area contributed by atoms with Gasteiger partial charge in [-0.3, -0.25) is 4.79 Å². The van der Waals surface area contributed by atoms with Gasteiger partial charge >= 0.3 is 5.97 Å². The van der Waals surface area contributed by atoms with Crippen molar-refractivity contribution in [2.75, 3.05) is 0 Å². The zero-order chi connectivity index (χ0) is 9.40. The number of rotatable bonds is 6. The fraction of sp³-hybridized carbons (Fsp3) is 0.700. The van der Waals surface area contributed by atoms with Crippen LogP contribution in [0.15, 0.2) is 12.2 Å². The van der Waals surface area contributed by atoms with Crippen LogP contribution >= 0.6 is 0 Å². The van der Waals surface area contributed by atoms with E-state index in [2.05, 4.69) is 0 Å². The van der Waals surface area contributed by atoms with E-state index in [0.717, 1.165) is 25.7 Å². The molecular weight excluding hydrogens is 152 g/mol. The molecule has 1 atom stereocenters. The highest BCUT2D eigenvalue weighted by atomic mass is 16.4. The number of carboxylic acids is 1. The third-order valence-electron chi connectivity index (χ3n) is 1.90. The van der Waals surface area contributed by atoms with E-state index in [1.54, 1.807) is 0 Å². The number of aliphatic carboxylic acids is 1. The van der Waals surface area contributed by atoms with Crippen LogP contribution in [0.3, 0.4) is 0 Å². The molecule has 0 heterocycles. The topological polar surface area (TPSA) is 37.3 Å². The van der Waals surface area contributed by atoms with Gasteiger partial charge in [-0.1, -0.05) is 25.5 Å². The average Bonchev–Trinajstić information content (AvgIpc) is 2.03. The van der Waals surface area contributed by atoms with Gasteiger partial charge in [0.25, 0.3) is 0 Å². The largest absolute Gasteiger partial charge is 0.481 e.